The number of allylic oxidation sites excluding steroid dienone is 3. The van der Waals surface area contributed by atoms with Crippen molar-refractivity contribution in [3.63, 3.8) is 0 Å². The van der Waals surface area contributed by atoms with E-state index in [1.54, 1.807) is 26.0 Å². The summed E-state index contributed by atoms with van der Waals surface area (Å²) in [7, 11) is 0. The number of ether oxygens (including phenoxy) is 1. The highest BCUT2D eigenvalue weighted by Crippen LogP contribution is 2.38. The Hall–Kier alpha value is -2.70. The van der Waals surface area contributed by atoms with Crippen molar-refractivity contribution in [2.45, 2.75) is 19.8 Å². The Labute approximate surface area is 144 Å². The minimum Gasteiger partial charge on any atom is -0.595 e. The van der Waals surface area contributed by atoms with Gasteiger partial charge in [0.1, 0.15) is 6.61 Å². The number of aliphatic hydroxyl groups excluding tert-OH is 1. The molecule has 0 spiro atoms. The van der Waals surface area contributed by atoms with E-state index in [9.17, 15) is 20.5 Å². The predicted octanol–water partition coefficient (Wildman–Crippen LogP) is 0.384. The Morgan fingerprint density at radius 1 is 1.44 bits per heavy atom. The molecule has 0 amide bonds. The molecule has 0 aromatic heterocycles. The Bertz CT molecular complexity index is 777. The van der Waals surface area contributed by atoms with Crippen molar-refractivity contribution in [1.29, 1.82) is 5.26 Å². The molecule has 25 heavy (non-hydrogen) atoms. The highest BCUT2D eigenvalue weighted by Gasteiger charge is 2.34. The molecule has 1 aromatic rings. The zero-order chi connectivity index (χ0) is 18.6. The van der Waals surface area contributed by atoms with Crippen molar-refractivity contribution in [2.75, 3.05) is 13.2 Å². The molecule has 1 unspecified atom stereocenters. The van der Waals surface area contributed by atoms with Gasteiger partial charge < -0.3 is 20.4 Å². The van der Waals surface area contributed by atoms with Gasteiger partial charge in [-0.25, -0.2) is 10.0 Å². The van der Waals surface area contributed by atoms with Gasteiger partial charge in [-0.2, -0.15) is 10.5 Å². The number of nitrogens with zero attached hydrogens (tertiary/aromatic N) is 1. The summed E-state index contributed by atoms with van der Waals surface area (Å²) >= 11 is 0. The lowest BCUT2D eigenvalue weighted by molar-refractivity contribution is -0.991. The van der Waals surface area contributed by atoms with Crippen LogP contribution in [0, 0.1) is 16.5 Å². The van der Waals surface area contributed by atoms with E-state index in [0.717, 1.165) is 0 Å². The maximum absolute atomic E-state index is 12.5. The fourth-order valence-corrected chi connectivity index (χ4v) is 2.81. The summed E-state index contributed by atoms with van der Waals surface area (Å²) in [6, 6.07) is 8.20. The van der Waals surface area contributed by atoms with Crippen molar-refractivity contribution in [3.05, 3.63) is 57.6 Å². The van der Waals surface area contributed by atoms with Crippen LogP contribution in [-0.2, 0) is 9.53 Å². The molecule has 132 valence electrons. The molecular formula is C17H19N3O5. The topological polar surface area (TPSA) is 130 Å². The summed E-state index contributed by atoms with van der Waals surface area (Å²) in [5.41, 5.74) is 2.20. The van der Waals surface area contributed by atoms with Crippen LogP contribution in [0.15, 0.2) is 46.8 Å². The second-order valence-corrected chi connectivity index (χ2v) is 5.54. The zero-order valence-electron chi connectivity index (χ0n) is 13.9. The van der Waals surface area contributed by atoms with Crippen LogP contribution in [0.1, 0.15) is 25.3 Å². The normalized spacial score (nSPS) is 18.5. The third kappa shape index (κ3) is 3.87. The number of carbonyl (C=O) groups is 1. The van der Waals surface area contributed by atoms with Crippen molar-refractivity contribution in [2.24, 2.45) is 0 Å². The Morgan fingerprint density at radius 3 is 2.76 bits per heavy atom. The average molecular weight is 345 g/mol. The molecule has 0 bridgehead atoms. The number of hydrogen-bond acceptors (Lipinski definition) is 7. The summed E-state index contributed by atoms with van der Waals surface area (Å²) in [6.07, 6.45) is 0. The standard InChI is InChI=1S/C17H19N3O5/c1-10-14(9-18)16(12-4-3-5-13(8-12)20(23)24)15(11(2)19-10)17(22)25-7-6-21/h3-5,8,16,19-21,23H,6-7H2,1-2H3/t16-/m1/s1. The molecule has 0 fully saturated rings. The first-order valence-electron chi connectivity index (χ1n) is 7.60. The first-order valence-corrected chi connectivity index (χ1v) is 7.60. The Morgan fingerprint density at radius 2 is 2.16 bits per heavy atom. The highest BCUT2D eigenvalue weighted by molar-refractivity contribution is 5.93. The molecule has 0 saturated carbocycles. The van der Waals surface area contributed by atoms with Crippen molar-refractivity contribution < 1.29 is 25.1 Å². The molecule has 1 aromatic carbocycles. The number of quaternary nitrogens is 1. The van der Waals surface area contributed by atoms with Crippen LogP contribution in [0.25, 0.3) is 0 Å². The molecule has 2 rings (SSSR count). The number of rotatable bonds is 5. The molecule has 2 atom stereocenters. The number of esters is 1. The average Bonchev–Trinajstić information content (AvgIpc) is 2.59. The molecule has 1 heterocycles. The lowest BCUT2D eigenvalue weighted by Crippen LogP contribution is -2.99. The smallest absolute Gasteiger partial charge is 0.336 e. The summed E-state index contributed by atoms with van der Waals surface area (Å²) in [4.78, 5) is 12.5. The second kappa shape index (κ2) is 7.92. The molecular weight excluding hydrogens is 326 g/mol. The number of nitrogens with one attached hydrogen (secondary N) is 2. The number of benzene rings is 1. The lowest BCUT2D eigenvalue weighted by atomic mass is 9.81. The van der Waals surface area contributed by atoms with Crippen molar-refractivity contribution >= 4 is 11.7 Å². The first-order chi connectivity index (χ1) is 11.9. The van der Waals surface area contributed by atoms with E-state index in [4.69, 9.17) is 9.84 Å². The van der Waals surface area contributed by atoms with Crippen LogP contribution in [0.2, 0.25) is 0 Å². The Kier molecular flexibility index (Phi) is 5.90. The van der Waals surface area contributed by atoms with Gasteiger partial charge in [-0.05, 0) is 19.4 Å². The fraction of sp³-hybridized carbons (Fsp3) is 0.294. The van der Waals surface area contributed by atoms with Gasteiger partial charge in [0.05, 0.1) is 29.7 Å². The van der Waals surface area contributed by atoms with E-state index in [0.29, 0.717) is 22.5 Å². The molecule has 8 heteroatoms. The SMILES string of the molecule is CC1=C(C#N)[C@@H](c2cccc([NH+]([O-])O)c2)C(C(=O)OCCO)=C(C)N1. The molecule has 1 aliphatic rings. The van der Waals surface area contributed by atoms with Gasteiger partial charge in [0, 0.05) is 23.5 Å². The number of dihydropyridines is 1. The van der Waals surface area contributed by atoms with Gasteiger partial charge in [-0.1, -0.05) is 12.1 Å². The van der Waals surface area contributed by atoms with Crippen LogP contribution in [0.5, 0.6) is 0 Å². The van der Waals surface area contributed by atoms with E-state index in [1.165, 1.54) is 12.1 Å². The van der Waals surface area contributed by atoms with Gasteiger partial charge in [0.2, 0.25) is 0 Å². The highest BCUT2D eigenvalue weighted by atomic mass is 16.8. The van der Waals surface area contributed by atoms with Crippen LogP contribution < -0.4 is 10.5 Å². The van der Waals surface area contributed by atoms with Gasteiger partial charge in [0.25, 0.3) is 0 Å². The van der Waals surface area contributed by atoms with E-state index in [-0.39, 0.29) is 24.5 Å². The van der Waals surface area contributed by atoms with E-state index in [2.05, 4.69) is 11.4 Å². The van der Waals surface area contributed by atoms with Crippen LogP contribution in [0.4, 0.5) is 5.69 Å². The van der Waals surface area contributed by atoms with Crippen LogP contribution in [0.3, 0.4) is 0 Å². The van der Waals surface area contributed by atoms with Crippen LogP contribution >= 0.6 is 0 Å². The van der Waals surface area contributed by atoms with Crippen molar-refractivity contribution in [3.8, 4) is 6.07 Å². The minimum absolute atomic E-state index is 0.0618. The third-order valence-electron chi connectivity index (χ3n) is 3.89. The van der Waals surface area contributed by atoms with Gasteiger partial charge >= 0.3 is 5.97 Å². The Balaban J connectivity index is 2.57. The number of nitriles is 1. The maximum atomic E-state index is 12.5. The molecule has 4 N–H and O–H groups in total. The minimum atomic E-state index is -1.10. The number of carbonyl (C=O) groups excluding carboxylic acids is 1. The fourth-order valence-electron chi connectivity index (χ4n) is 2.81. The second-order valence-electron chi connectivity index (χ2n) is 5.54. The quantitative estimate of drug-likeness (QED) is 0.448. The monoisotopic (exact) mass is 345 g/mol. The molecule has 0 aliphatic carbocycles. The van der Waals surface area contributed by atoms with E-state index in [1.807, 2.05) is 0 Å². The molecule has 1 aliphatic heterocycles. The predicted molar refractivity (Wildman–Crippen MR) is 87.2 cm³/mol. The largest absolute Gasteiger partial charge is 0.595 e. The van der Waals surface area contributed by atoms with Crippen molar-refractivity contribution in [1.82, 2.24) is 5.32 Å². The molecule has 0 radical (unpaired) electrons. The summed E-state index contributed by atoms with van der Waals surface area (Å²) in [5.74, 6) is -1.40. The molecule has 0 saturated heterocycles. The summed E-state index contributed by atoms with van der Waals surface area (Å²) < 4.78 is 5.02. The van der Waals surface area contributed by atoms with Gasteiger partial charge in [-0.3, -0.25) is 0 Å². The summed E-state index contributed by atoms with van der Waals surface area (Å²) in [6.45, 7) is 2.92. The van der Waals surface area contributed by atoms with E-state index < -0.39 is 17.1 Å². The number of aliphatic hydroxyl groups is 1. The zero-order valence-corrected chi connectivity index (χ0v) is 13.9. The van der Waals surface area contributed by atoms with Gasteiger partial charge in [0.15, 0.2) is 5.69 Å². The van der Waals surface area contributed by atoms with Gasteiger partial charge in [-0.15, -0.1) is 0 Å². The summed E-state index contributed by atoms with van der Waals surface area (Å²) in [5, 5.41) is 40.8. The maximum Gasteiger partial charge on any atom is 0.336 e. The van der Waals surface area contributed by atoms with E-state index >= 15 is 0 Å². The first kappa shape index (κ1) is 18.6. The number of hydrogen-bond donors (Lipinski definition) is 4. The molecule has 8 nitrogen and oxygen atoms in total. The lowest BCUT2D eigenvalue weighted by Gasteiger charge is -2.28. The van der Waals surface area contributed by atoms with Crippen LogP contribution in [-0.4, -0.2) is 29.5 Å². The third-order valence-corrected chi connectivity index (χ3v) is 3.89.